The molecular formula is C13H22O. The number of fused-ring (bicyclic) bond motifs is 1. The Hall–Kier alpha value is -0.300. The molecule has 1 saturated heterocycles. The first-order valence-corrected chi connectivity index (χ1v) is 5.79. The summed E-state index contributed by atoms with van der Waals surface area (Å²) in [6.45, 7) is 9.19. The van der Waals surface area contributed by atoms with Gasteiger partial charge in [0.2, 0.25) is 0 Å². The Kier molecular flexibility index (Phi) is 2.26. The summed E-state index contributed by atoms with van der Waals surface area (Å²) in [7, 11) is 0. The van der Waals surface area contributed by atoms with Crippen LogP contribution in [0.2, 0.25) is 0 Å². The van der Waals surface area contributed by atoms with Gasteiger partial charge in [0.05, 0.1) is 11.7 Å². The van der Waals surface area contributed by atoms with E-state index in [2.05, 4.69) is 39.8 Å². The molecule has 1 aliphatic carbocycles. The number of ether oxygens (including phenoxy) is 1. The fraction of sp³-hybridized carbons (Fsp3) is 0.846. The van der Waals surface area contributed by atoms with Crippen LogP contribution in [0, 0.1) is 11.3 Å². The lowest BCUT2D eigenvalue weighted by Gasteiger charge is -2.51. The van der Waals surface area contributed by atoms with Gasteiger partial charge in [0.1, 0.15) is 0 Å². The second kappa shape index (κ2) is 3.10. The first kappa shape index (κ1) is 10.2. The molecule has 2 aliphatic rings. The highest BCUT2D eigenvalue weighted by Gasteiger charge is 2.47. The highest BCUT2D eigenvalue weighted by Crippen LogP contribution is 2.49. The van der Waals surface area contributed by atoms with Crippen LogP contribution in [-0.2, 0) is 4.74 Å². The molecule has 0 saturated carbocycles. The maximum atomic E-state index is 6.13. The quantitative estimate of drug-likeness (QED) is 0.536. The topological polar surface area (TPSA) is 9.23 Å². The van der Waals surface area contributed by atoms with E-state index >= 15 is 0 Å². The normalized spacial score (nSPS) is 46.0. The van der Waals surface area contributed by atoms with Crippen LogP contribution in [-0.4, -0.2) is 11.7 Å². The molecule has 14 heavy (non-hydrogen) atoms. The number of hydrogen-bond acceptors (Lipinski definition) is 1. The predicted molar refractivity (Wildman–Crippen MR) is 59.2 cm³/mol. The van der Waals surface area contributed by atoms with Gasteiger partial charge in [0.15, 0.2) is 0 Å². The average Bonchev–Trinajstić information content (AvgIpc) is 2.00. The van der Waals surface area contributed by atoms with E-state index in [4.69, 9.17) is 4.74 Å². The lowest BCUT2D eigenvalue weighted by atomic mass is 9.62. The minimum Gasteiger partial charge on any atom is -0.368 e. The first-order valence-electron chi connectivity index (χ1n) is 5.79. The van der Waals surface area contributed by atoms with E-state index < -0.39 is 0 Å². The molecule has 0 aromatic carbocycles. The SMILES string of the molecule is C[C@@H]1CC[C@@H]2C(C)(C)CC=C[C@]2(C)O1. The standard InChI is InChI=1S/C13H22O/c1-10-6-7-11-12(2,3)8-5-9-13(11,4)14-10/h5,9-11H,6-8H2,1-4H3/t10-,11-,13+/m1/s1. The molecule has 0 aromatic heterocycles. The van der Waals surface area contributed by atoms with Gasteiger partial charge in [0.25, 0.3) is 0 Å². The zero-order valence-electron chi connectivity index (χ0n) is 9.84. The second-order valence-corrected chi connectivity index (χ2v) is 5.84. The predicted octanol–water partition coefficient (Wildman–Crippen LogP) is 3.55. The van der Waals surface area contributed by atoms with Crippen molar-refractivity contribution in [1.29, 1.82) is 0 Å². The summed E-state index contributed by atoms with van der Waals surface area (Å²) >= 11 is 0. The molecule has 0 bridgehead atoms. The van der Waals surface area contributed by atoms with Crippen LogP contribution in [0.3, 0.4) is 0 Å². The van der Waals surface area contributed by atoms with E-state index in [9.17, 15) is 0 Å². The Balaban J connectivity index is 2.29. The van der Waals surface area contributed by atoms with Gasteiger partial charge < -0.3 is 4.74 Å². The Morgan fingerprint density at radius 3 is 2.64 bits per heavy atom. The summed E-state index contributed by atoms with van der Waals surface area (Å²) in [5.41, 5.74) is 0.406. The number of allylic oxidation sites excluding steroid dienone is 1. The lowest BCUT2D eigenvalue weighted by Crippen LogP contribution is -2.51. The van der Waals surface area contributed by atoms with Crippen molar-refractivity contribution in [2.45, 2.75) is 58.7 Å². The highest BCUT2D eigenvalue weighted by atomic mass is 16.5. The largest absolute Gasteiger partial charge is 0.368 e. The van der Waals surface area contributed by atoms with Crippen molar-refractivity contribution in [3.05, 3.63) is 12.2 Å². The van der Waals surface area contributed by atoms with Gasteiger partial charge in [-0.3, -0.25) is 0 Å². The van der Waals surface area contributed by atoms with Gasteiger partial charge in [-0.2, -0.15) is 0 Å². The Morgan fingerprint density at radius 2 is 1.93 bits per heavy atom. The summed E-state index contributed by atoms with van der Waals surface area (Å²) in [5, 5.41) is 0. The van der Waals surface area contributed by atoms with Crippen molar-refractivity contribution < 1.29 is 4.74 Å². The fourth-order valence-corrected chi connectivity index (χ4v) is 3.32. The molecular weight excluding hydrogens is 172 g/mol. The third-order valence-corrected chi connectivity index (χ3v) is 4.04. The maximum absolute atomic E-state index is 6.13. The number of rotatable bonds is 0. The van der Waals surface area contributed by atoms with Gasteiger partial charge in [-0.05, 0) is 44.4 Å². The van der Waals surface area contributed by atoms with Crippen LogP contribution >= 0.6 is 0 Å². The van der Waals surface area contributed by atoms with E-state index in [0.717, 1.165) is 0 Å². The molecule has 0 radical (unpaired) electrons. The van der Waals surface area contributed by atoms with E-state index in [1.807, 2.05) is 0 Å². The van der Waals surface area contributed by atoms with E-state index in [-0.39, 0.29) is 5.60 Å². The summed E-state index contributed by atoms with van der Waals surface area (Å²) < 4.78 is 6.13. The van der Waals surface area contributed by atoms with Gasteiger partial charge in [-0.1, -0.05) is 26.0 Å². The van der Waals surface area contributed by atoms with Gasteiger partial charge >= 0.3 is 0 Å². The lowest BCUT2D eigenvalue weighted by molar-refractivity contribution is -0.150. The molecule has 1 heterocycles. The van der Waals surface area contributed by atoms with Crippen LogP contribution in [0.1, 0.15) is 47.0 Å². The third kappa shape index (κ3) is 1.52. The van der Waals surface area contributed by atoms with Crippen LogP contribution in [0.5, 0.6) is 0 Å². The van der Waals surface area contributed by atoms with Crippen molar-refractivity contribution in [2.75, 3.05) is 0 Å². The molecule has 0 unspecified atom stereocenters. The summed E-state index contributed by atoms with van der Waals surface area (Å²) in [4.78, 5) is 0. The van der Waals surface area contributed by atoms with Crippen molar-refractivity contribution >= 4 is 0 Å². The minimum absolute atomic E-state index is 0.000579. The molecule has 1 fully saturated rings. The van der Waals surface area contributed by atoms with E-state index in [1.165, 1.54) is 19.3 Å². The first-order chi connectivity index (χ1) is 6.44. The van der Waals surface area contributed by atoms with Crippen LogP contribution in [0.25, 0.3) is 0 Å². The Bertz CT molecular complexity index is 254. The van der Waals surface area contributed by atoms with Gasteiger partial charge in [0, 0.05) is 0 Å². The van der Waals surface area contributed by atoms with Crippen molar-refractivity contribution in [3.63, 3.8) is 0 Å². The molecule has 80 valence electrons. The highest BCUT2D eigenvalue weighted by molar-refractivity contribution is 5.14. The minimum atomic E-state index is -0.000579. The second-order valence-electron chi connectivity index (χ2n) is 5.84. The molecule has 0 N–H and O–H groups in total. The van der Waals surface area contributed by atoms with Crippen LogP contribution < -0.4 is 0 Å². The zero-order chi connectivity index (χ0) is 10.4. The summed E-state index contributed by atoms with van der Waals surface area (Å²) in [5.74, 6) is 0.691. The monoisotopic (exact) mass is 194 g/mol. The van der Waals surface area contributed by atoms with Crippen molar-refractivity contribution in [3.8, 4) is 0 Å². The maximum Gasteiger partial charge on any atom is 0.0871 e. The van der Waals surface area contributed by atoms with E-state index in [1.54, 1.807) is 0 Å². The molecule has 1 aliphatic heterocycles. The summed E-state index contributed by atoms with van der Waals surface area (Å²) in [6, 6.07) is 0. The van der Waals surface area contributed by atoms with E-state index in [0.29, 0.717) is 17.4 Å². The molecule has 0 aromatic rings. The van der Waals surface area contributed by atoms with Crippen molar-refractivity contribution in [1.82, 2.24) is 0 Å². The van der Waals surface area contributed by atoms with Crippen LogP contribution in [0.4, 0.5) is 0 Å². The average molecular weight is 194 g/mol. The molecule has 3 atom stereocenters. The molecule has 1 nitrogen and oxygen atoms in total. The van der Waals surface area contributed by atoms with Gasteiger partial charge in [-0.15, -0.1) is 0 Å². The third-order valence-electron chi connectivity index (χ3n) is 4.04. The Morgan fingerprint density at radius 1 is 1.21 bits per heavy atom. The van der Waals surface area contributed by atoms with Gasteiger partial charge in [-0.25, -0.2) is 0 Å². The van der Waals surface area contributed by atoms with Crippen LogP contribution in [0.15, 0.2) is 12.2 Å². The fourth-order valence-electron chi connectivity index (χ4n) is 3.32. The zero-order valence-corrected chi connectivity index (χ0v) is 9.84. The molecule has 1 heteroatoms. The Labute approximate surface area is 87.5 Å². The molecule has 2 rings (SSSR count). The van der Waals surface area contributed by atoms with Crippen molar-refractivity contribution in [2.24, 2.45) is 11.3 Å². The molecule has 0 amide bonds. The summed E-state index contributed by atoms with van der Waals surface area (Å²) in [6.07, 6.45) is 8.75. The number of hydrogen-bond donors (Lipinski definition) is 0. The smallest absolute Gasteiger partial charge is 0.0871 e. The molecule has 0 spiro atoms.